The van der Waals surface area contributed by atoms with Crippen molar-refractivity contribution in [3.8, 4) is 0 Å². The summed E-state index contributed by atoms with van der Waals surface area (Å²) in [5.41, 5.74) is 2.17. The van der Waals surface area contributed by atoms with Gasteiger partial charge in [-0.2, -0.15) is 0 Å². The Morgan fingerprint density at radius 3 is 2.15 bits per heavy atom. The molecule has 0 atom stereocenters. The molecule has 0 aliphatic carbocycles. The van der Waals surface area contributed by atoms with Crippen LogP contribution in [0.25, 0.3) is 0 Å². The Labute approximate surface area is 156 Å². The van der Waals surface area contributed by atoms with Crippen molar-refractivity contribution >= 4 is 21.5 Å². The molecule has 0 amide bonds. The number of pyridine rings is 1. The first-order valence-corrected chi connectivity index (χ1v) is 10.8. The van der Waals surface area contributed by atoms with Crippen LogP contribution in [0, 0.1) is 0 Å². The van der Waals surface area contributed by atoms with E-state index < -0.39 is 10.0 Å². The Morgan fingerprint density at radius 1 is 0.962 bits per heavy atom. The summed E-state index contributed by atoms with van der Waals surface area (Å²) in [6, 6.07) is 10.7. The fraction of sp³-hybridized carbons (Fsp3) is 0.450. The Morgan fingerprint density at radius 2 is 1.62 bits per heavy atom. The molecular formula is C20H27N3O2S. The molecule has 1 aliphatic rings. The number of sulfonamides is 1. The molecule has 1 aliphatic heterocycles. The molecule has 2 aromatic rings. The maximum atomic E-state index is 12.6. The number of nitrogens with zero attached hydrogens (tertiary/aromatic N) is 2. The van der Waals surface area contributed by atoms with E-state index in [1.807, 2.05) is 18.2 Å². The lowest BCUT2D eigenvalue weighted by molar-refractivity contribution is 0.601. The molecule has 26 heavy (non-hydrogen) atoms. The lowest BCUT2D eigenvalue weighted by atomic mass is 10.0. The third kappa shape index (κ3) is 4.55. The predicted molar refractivity (Wildman–Crippen MR) is 106 cm³/mol. The maximum absolute atomic E-state index is 12.6. The van der Waals surface area contributed by atoms with Crippen molar-refractivity contribution < 1.29 is 8.42 Å². The molecule has 2 heterocycles. The third-order valence-corrected chi connectivity index (χ3v) is 6.19. The summed E-state index contributed by atoms with van der Waals surface area (Å²) in [7, 11) is -3.63. The van der Waals surface area contributed by atoms with Gasteiger partial charge in [-0.25, -0.2) is 13.4 Å². The summed E-state index contributed by atoms with van der Waals surface area (Å²) < 4.78 is 27.7. The zero-order valence-electron chi connectivity index (χ0n) is 15.5. The summed E-state index contributed by atoms with van der Waals surface area (Å²) in [6.45, 7) is 6.24. The van der Waals surface area contributed by atoms with Crippen molar-refractivity contribution in [3.63, 3.8) is 0 Å². The lowest BCUT2D eigenvalue weighted by Gasteiger charge is -2.22. The van der Waals surface area contributed by atoms with Gasteiger partial charge in [0.25, 0.3) is 10.0 Å². The van der Waals surface area contributed by atoms with E-state index in [-0.39, 0.29) is 4.90 Å². The fourth-order valence-corrected chi connectivity index (χ4v) is 4.20. The van der Waals surface area contributed by atoms with Crippen LogP contribution in [0.3, 0.4) is 0 Å². The minimum absolute atomic E-state index is 0.250. The second kappa shape index (κ2) is 8.08. The van der Waals surface area contributed by atoms with Gasteiger partial charge in [0.1, 0.15) is 5.82 Å². The average Bonchev–Trinajstić information content (AvgIpc) is 2.91. The number of benzene rings is 1. The summed E-state index contributed by atoms with van der Waals surface area (Å²) >= 11 is 0. The minimum Gasteiger partial charge on any atom is -0.370 e. The first-order valence-electron chi connectivity index (χ1n) is 9.29. The van der Waals surface area contributed by atoms with Crippen LogP contribution in [0.15, 0.2) is 47.5 Å². The summed E-state index contributed by atoms with van der Waals surface area (Å²) in [4.78, 5) is 6.88. The van der Waals surface area contributed by atoms with Crippen molar-refractivity contribution in [2.45, 2.75) is 50.3 Å². The molecule has 1 aromatic carbocycles. The molecule has 0 bridgehead atoms. The van der Waals surface area contributed by atoms with Crippen molar-refractivity contribution in [1.29, 1.82) is 0 Å². The number of nitrogens with one attached hydrogen (secondary N) is 1. The van der Waals surface area contributed by atoms with E-state index in [2.05, 4.69) is 28.5 Å². The highest BCUT2D eigenvalue weighted by molar-refractivity contribution is 7.92. The van der Waals surface area contributed by atoms with Crippen LogP contribution in [-0.4, -0.2) is 26.5 Å². The van der Waals surface area contributed by atoms with Gasteiger partial charge < -0.3 is 4.90 Å². The number of rotatable bonds is 5. The molecule has 3 rings (SSSR count). The maximum Gasteiger partial charge on any atom is 0.263 e. The number of aromatic nitrogens is 1. The third-order valence-electron chi connectivity index (χ3n) is 4.82. The van der Waals surface area contributed by atoms with E-state index in [0.717, 1.165) is 24.3 Å². The van der Waals surface area contributed by atoms with E-state index in [0.29, 0.717) is 11.7 Å². The van der Waals surface area contributed by atoms with E-state index in [4.69, 9.17) is 0 Å². The first kappa shape index (κ1) is 18.7. The van der Waals surface area contributed by atoms with E-state index >= 15 is 0 Å². The predicted octanol–water partition coefficient (Wildman–Crippen LogP) is 4.39. The van der Waals surface area contributed by atoms with Gasteiger partial charge in [0.05, 0.1) is 16.8 Å². The molecule has 1 aromatic heterocycles. The summed E-state index contributed by atoms with van der Waals surface area (Å²) in [5.74, 6) is 0.712. The quantitative estimate of drug-likeness (QED) is 0.844. The zero-order valence-corrected chi connectivity index (χ0v) is 16.3. The van der Waals surface area contributed by atoms with Crippen molar-refractivity contribution in [3.05, 3.63) is 48.2 Å². The molecule has 0 unspecified atom stereocenters. The Balaban J connectivity index is 1.71. The monoisotopic (exact) mass is 373 g/mol. The second-order valence-corrected chi connectivity index (χ2v) is 8.81. The second-order valence-electron chi connectivity index (χ2n) is 7.13. The number of hydrogen-bond acceptors (Lipinski definition) is 4. The average molecular weight is 374 g/mol. The van der Waals surface area contributed by atoms with Crippen molar-refractivity contribution in [2.24, 2.45) is 0 Å². The molecule has 6 heteroatoms. The van der Waals surface area contributed by atoms with Gasteiger partial charge in [0, 0.05) is 13.1 Å². The van der Waals surface area contributed by atoms with E-state index in [1.165, 1.54) is 25.7 Å². The van der Waals surface area contributed by atoms with Crippen molar-refractivity contribution in [1.82, 2.24) is 4.98 Å². The Kier molecular flexibility index (Phi) is 5.81. The summed E-state index contributed by atoms with van der Waals surface area (Å²) in [5, 5.41) is 0. The van der Waals surface area contributed by atoms with Gasteiger partial charge in [-0.05, 0) is 48.6 Å². The van der Waals surface area contributed by atoms with Gasteiger partial charge in [0.2, 0.25) is 0 Å². The molecule has 0 saturated carbocycles. The van der Waals surface area contributed by atoms with Crippen LogP contribution in [0.1, 0.15) is 51.0 Å². The first-order chi connectivity index (χ1) is 12.5. The molecule has 0 radical (unpaired) electrons. The highest BCUT2D eigenvalue weighted by atomic mass is 32.2. The van der Waals surface area contributed by atoms with Gasteiger partial charge >= 0.3 is 0 Å². The Bertz CT molecular complexity index is 807. The highest BCUT2D eigenvalue weighted by Gasteiger charge is 2.16. The minimum atomic E-state index is -3.63. The van der Waals surface area contributed by atoms with Crippen LogP contribution in [-0.2, 0) is 10.0 Å². The van der Waals surface area contributed by atoms with Crippen LogP contribution < -0.4 is 9.62 Å². The smallest absolute Gasteiger partial charge is 0.263 e. The summed E-state index contributed by atoms with van der Waals surface area (Å²) in [6.07, 6.45) is 6.70. The number of anilines is 2. The van der Waals surface area contributed by atoms with Crippen LogP contribution >= 0.6 is 0 Å². The number of hydrogen-bond donors (Lipinski definition) is 1. The SMILES string of the molecule is CC(C)c1ccc(S(=O)(=O)Nc2ccc(N3CCCCCC3)cn2)cc1. The van der Waals surface area contributed by atoms with Gasteiger partial charge in [-0.1, -0.05) is 38.8 Å². The Hall–Kier alpha value is -2.08. The molecular weight excluding hydrogens is 346 g/mol. The standard InChI is InChI=1S/C20H27N3O2S/c1-16(2)17-7-10-19(11-8-17)26(24,25)22-20-12-9-18(15-21-20)23-13-5-3-4-6-14-23/h7-12,15-16H,3-6,13-14H2,1-2H3,(H,21,22). The van der Waals surface area contributed by atoms with Gasteiger partial charge in [-0.15, -0.1) is 0 Å². The fourth-order valence-electron chi connectivity index (χ4n) is 3.19. The molecule has 1 fully saturated rings. The lowest BCUT2D eigenvalue weighted by Crippen LogP contribution is -2.24. The van der Waals surface area contributed by atoms with Crippen molar-refractivity contribution in [2.75, 3.05) is 22.7 Å². The van der Waals surface area contributed by atoms with E-state index in [1.54, 1.807) is 24.4 Å². The molecule has 1 N–H and O–H groups in total. The van der Waals surface area contributed by atoms with Crippen LogP contribution in [0.4, 0.5) is 11.5 Å². The van der Waals surface area contributed by atoms with E-state index in [9.17, 15) is 8.42 Å². The highest BCUT2D eigenvalue weighted by Crippen LogP contribution is 2.22. The normalized spacial score (nSPS) is 15.7. The molecule has 1 saturated heterocycles. The van der Waals surface area contributed by atoms with Crippen LogP contribution in [0.5, 0.6) is 0 Å². The molecule has 5 nitrogen and oxygen atoms in total. The largest absolute Gasteiger partial charge is 0.370 e. The zero-order chi connectivity index (χ0) is 18.6. The molecule has 0 spiro atoms. The van der Waals surface area contributed by atoms with Crippen LogP contribution in [0.2, 0.25) is 0 Å². The molecule has 140 valence electrons. The topological polar surface area (TPSA) is 62.3 Å². The van der Waals surface area contributed by atoms with Gasteiger partial charge in [-0.3, -0.25) is 4.72 Å². The van der Waals surface area contributed by atoms with Gasteiger partial charge in [0.15, 0.2) is 0 Å².